The molecule has 0 aromatic heterocycles. The second kappa shape index (κ2) is 9.59. The van der Waals surface area contributed by atoms with Crippen molar-refractivity contribution in [1.29, 1.82) is 0 Å². The highest BCUT2D eigenvalue weighted by Gasteiger charge is 2.48. The second-order valence-electron chi connectivity index (χ2n) is 11.3. The summed E-state index contributed by atoms with van der Waals surface area (Å²) in [5, 5.41) is 3.74. The summed E-state index contributed by atoms with van der Waals surface area (Å²) in [7, 11) is 2.25. The molecule has 0 bridgehead atoms. The molecule has 31 heavy (non-hydrogen) atoms. The van der Waals surface area contributed by atoms with E-state index in [0.29, 0.717) is 36.1 Å². The van der Waals surface area contributed by atoms with Crippen LogP contribution in [0.4, 0.5) is 0 Å². The standard InChI is InChI=1S/C25H39N3O.2ClH/c1-17-9-7-8-10-20(17)23-21-16-28(15-19(21)14-27(23)6)22(29)11-18-12-24(2,3)26-25(4,5)13-18;;/h7-10,18-19,21,23,26H,11-16H2,1-6H3;2*1H/t19-,21+,23-;;/m0../s1. The third-order valence-corrected chi connectivity index (χ3v) is 7.49. The van der Waals surface area contributed by atoms with E-state index in [1.807, 2.05) is 0 Å². The molecule has 1 aromatic carbocycles. The number of nitrogens with zero attached hydrogens (tertiary/aromatic N) is 2. The molecular formula is C25H41Cl2N3O. The minimum atomic E-state index is 0. The molecule has 1 aromatic rings. The number of halogens is 2. The van der Waals surface area contributed by atoms with Crippen LogP contribution < -0.4 is 5.32 Å². The molecule has 3 saturated heterocycles. The largest absolute Gasteiger partial charge is 0.342 e. The zero-order chi connectivity index (χ0) is 21.0. The van der Waals surface area contributed by atoms with E-state index in [1.165, 1.54) is 11.1 Å². The van der Waals surface area contributed by atoms with Gasteiger partial charge in [0.15, 0.2) is 0 Å². The van der Waals surface area contributed by atoms with Crippen LogP contribution in [0.5, 0.6) is 0 Å². The van der Waals surface area contributed by atoms with Gasteiger partial charge in [-0.1, -0.05) is 24.3 Å². The molecule has 0 spiro atoms. The van der Waals surface area contributed by atoms with Crippen LogP contribution >= 0.6 is 24.8 Å². The Kier molecular flexibility index (Phi) is 8.18. The molecule has 3 aliphatic rings. The van der Waals surface area contributed by atoms with Gasteiger partial charge >= 0.3 is 0 Å². The topological polar surface area (TPSA) is 35.6 Å². The SMILES string of the molecule is Cc1ccccc1[C@H]1[C@@H]2CN(C(=O)CC3CC(C)(C)NC(C)(C)C3)C[C@@H]2CN1C.Cl.Cl. The molecule has 3 heterocycles. The van der Waals surface area contributed by atoms with Gasteiger partial charge in [0.2, 0.25) is 5.91 Å². The van der Waals surface area contributed by atoms with Gasteiger partial charge in [-0.25, -0.2) is 0 Å². The average molecular weight is 471 g/mol. The first-order valence-corrected chi connectivity index (χ1v) is 11.4. The second-order valence-corrected chi connectivity index (χ2v) is 11.3. The van der Waals surface area contributed by atoms with E-state index >= 15 is 0 Å². The zero-order valence-electron chi connectivity index (χ0n) is 20.0. The predicted molar refractivity (Wildman–Crippen MR) is 133 cm³/mol. The fraction of sp³-hybridized carbons (Fsp3) is 0.720. The molecule has 0 saturated carbocycles. The first kappa shape index (κ1) is 26.4. The number of carbonyl (C=O) groups is 1. The molecule has 3 atom stereocenters. The number of piperidine rings is 1. The Morgan fingerprint density at radius 3 is 2.26 bits per heavy atom. The van der Waals surface area contributed by atoms with Crippen LogP contribution in [0.2, 0.25) is 0 Å². The zero-order valence-corrected chi connectivity index (χ0v) is 21.6. The van der Waals surface area contributed by atoms with Crippen molar-refractivity contribution in [2.24, 2.45) is 17.8 Å². The molecule has 0 radical (unpaired) electrons. The van der Waals surface area contributed by atoms with Gasteiger partial charge in [-0.3, -0.25) is 9.69 Å². The Labute approximate surface area is 201 Å². The maximum atomic E-state index is 13.3. The van der Waals surface area contributed by atoms with Gasteiger partial charge in [0.1, 0.15) is 0 Å². The average Bonchev–Trinajstić information content (AvgIpc) is 3.09. The summed E-state index contributed by atoms with van der Waals surface area (Å²) in [4.78, 5) is 18.0. The lowest BCUT2D eigenvalue weighted by Crippen LogP contribution is -2.58. The Bertz CT molecular complexity index is 766. The van der Waals surface area contributed by atoms with Gasteiger partial charge in [-0.2, -0.15) is 0 Å². The van der Waals surface area contributed by atoms with Crippen molar-refractivity contribution in [3.05, 3.63) is 35.4 Å². The van der Waals surface area contributed by atoms with E-state index in [4.69, 9.17) is 0 Å². The summed E-state index contributed by atoms with van der Waals surface area (Å²) in [5.41, 5.74) is 3.02. The van der Waals surface area contributed by atoms with Crippen molar-refractivity contribution in [3.8, 4) is 0 Å². The number of hydrogen-bond acceptors (Lipinski definition) is 3. The summed E-state index contributed by atoms with van der Waals surface area (Å²) < 4.78 is 0. The number of fused-ring (bicyclic) bond motifs is 1. The van der Waals surface area contributed by atoms with E-state index < -0.39 is 0 Å². The summed E-state index contributed by atoms with van der Waals surface area (Å²) in [6.07, 6.45) is 2.87. The van der Waals surface area contributed by atoms with E-state index in [-0.39, 0.29) is 35.9 Å². The van der Waals surface area contributed by atoms with Gasteiger partial charge in [-0.15, -0.1) is 24.8 Å². The normalized spacial score (nSPS) is 29.7. The lowest BCUT2D eigenvalue weighted by Gasteiger charge is -2.46. The molecule has 6 heteroatoms. The molecule has 3 aliphatic heterocycles. The van der Waals surface area contributed by atoms with Crippen LogP contribution in [0.1, 0.15) is 64.1 Å². The number of hydrogen-bond donors (Lipinski definition) is 1. The first-order chi connectivity index (χ1) is 13.5. The quantitative estimate of drug-likeness (QED) is 0.686. The maximum absolute atomic E-state index is 13.3. The number of amides is 1. The number of carbonyl (C=O) groups excluding carboxylic acids is 1. The number of likely N-dealkylation sites (tertiary alicyclic amines) is 2. The summed E-state index contributed by atoms with van der Waals surface area (Å²) >= 11 is 0. The Balaban J connectivity index is 0.00000171. The molecule has 1 amide bonds. The summed E-state index contributed by atoms with van der Waals surface area (Å²) in [6.45, 7) is 14.3. The van der Waals surface area contributed by atoms with Crippen LogP contribution in [0, 0.1) is 24.7 Å². The smallest absolute Gasteiger partial charge is 0.222 e. The number of nitrogens with one attached hydrogen (secondary N) is 1. The summed E-state index contributed by atoms with van der Waals surface area (Å²) in [6, 6.07) is 9.22. The maximum Gasteiger partial charge on any atom is 0.222 e. The van der Waals surface area contributed by atoms with E-state index in [9.17, 15) is 4.79 Å². The van der Waals surface area contributed by atoms with Gasteiger partial charge in [0, 0.05) is 49.1 Å². The van der Waals surface area contributed by atoms with Crippen LogP contribution in [0.25, 0.3) is 0 Å². The van der Waals surface area contributed by atoms with Crippen LogP contribution in [-0.2, 0) is 4.79 Å². The van der Waals surface area contributed by atoms with Crippen molar-refractivity contribution in [2.45, 2.75) is 71.0 Å². The number of aryl methyl sites for hydroxylation is 1. The van der Waals surface area contributed by atoms with E-state index in [2.05, 4.69) is 81.0 Å². The lowest BCUT2D eigenvalue weighted by atomic mass is 9.74. The fourth-order valence-electron chi connectivity index (χ4n) is 6.90. The molecule has 3 fully saturated rings. The minimum absolute atomic E-state index is 0. The highest BCUT2D eigenvalue weighted by atomic mass is 35.5. The van der Waals surface area contributed by atoms with Gasteiger partial charge in [0.25, 0.3) is 0 Å². The molecule has 0 aliphatic carbocycles. The number of benzene rings is 1. The van der Waals surface area contributed by atoms with Crippen LogP contribution in [0.3, 0.4) is 0 Å². The third-order valence-electron chi connectivity index (χ3n) is 7.49. The van der Waals surface area contributed by atoms with Crippen molar-refractivity contribution in [1.82, 2.24) is 15.1 Å². The molecule has 1 N–H and O–H groups in total. The highest BCUT2D eigenvalue weighted by Crippen LogP contribution is 2.45. The van der Waals surface area contributed by atoms with Crippen LogP contribution in [-0.4, -0.2) is 53.5 Å². The van der Waals surface area contributed by atoms with Crippen molar-refractivity contribution < 1.29 is 4.79 Å². The fourth-order valence-corrected chi connectivity index (χ4v) is 6.90. The van der Waals surface area contributed by atoms with Crippen molar-refractivity contribution >= 4 is 30.7 Å². The highest BCUT2D eigenvalue weighted by molar-refractivity contribution is 5.85. The predicted octanol–water partition coefficient (Wildman–Crippen LogP) is 4.85. The van der Waals surface area contributed by atoms with Crippen molar-refractivity contribution in [3.63, 3.8) is 0 Å². The third kappa shape index (κ3) is 5.58. The number of rotatable bonds is 3. The first-order valence-electron chi connectivity index (χ1n) is 11.4. The Morgan fingerprint density at radius 2 is 1.65 bits per heavy atom. The van der Waals surface area contributed by atoms with Gasteiger partial charge in [-0.05, 0) is 77.5 Å². The molecular weight excluding hydrogens is 429 g/mol. The molecule has 0 unspecified atom stereocenters. The van der Waals surface area contributed by atoms with Crippen molar-refractivity contribution in [2.75, 3.05) is 26.7 Å². The monoisotopic (exact) mass is 469 g/mol. The van der Waals surface area contributed by atoms with Gasteiger partial charge in [0.05, 0.1) is 0 Å². The molecule has 176 valence electrons. The van der Waals surface area contributed by atoms with Gasteiger partial charge < -0.3 is 10.2 Å². The molecule has 4 rings (SSSR count). The Hall–Kier alpha value is -0.810. The summed E-state index contributed by atoms with van der Waals surface area (Å²) in [5.74, 6) is 2.02. The van der Waals surface area contributed by atoms with E-state index in [1.54, 1.807) is 0 Å². The minimum Gasteiger partial charge on any atom is -0.342 e. The van der Waals surface area contributed by atoms with Crippen LogP contribution in [0.15, 0.2) is 24.3 Å². The van der Waals surface area contributed by atoms with E-state index in [0.717, 1.165) is 32.5 Å². The molecule has 4 nitrogen and oxygen atoms in total. The lowest BCUT2D eigenvalue weighted by molar-refractivity contribution is -0.132. The Morgan fingerprint density at radius 1 is 1.03 bits per heavy atom.